The summed E-state index contributed by atoms with van der Waals surface area (Å²) >= 11 is 6.57. The van der Waals surface area contributed by atoms with Crippen LogP contribution in [0.3, 0.4) is 0 Å². The van der Waals surface area contributed by atoms with Crippen LogP contribution >= 0.6 is 11.6 Å². The van der Waals surface area contributed by atoms with Gasteiger partial charge in [0.25, 0.3) is 0 Å². The molecule has 0 bridgehead atoms. The lowest BCUT2D eigenvalue weighted by Gasteiger charge is -2.39. The van der Waals surface area contributed by atoms with Crippen molar-refractivity contribution in [3.63, 3.8) is 0 Å². The molecule has 1 unspecified atom stereocenters. The molecular weight excluding hydrogens is 362 g/mol. The average molecular weight is 394 g/mol. The largest absolute Gasteiger partial charge is 0.381 e. The van der Waals surface area contributed by atoms with Crippen molar-refractivity contribution in [1.29, 1.82) is 0 Å². The fraction of sp³-hybridized carbons (Fsp3) is 0.667. The molecule has 2 heterocycles. The minimum absolute atomic E-state index is 0.0169. The molecule has 27 heavy (non-hydrogen) atoms. The normalized spacial score (nSPS) is 22.9. The number of nitrogens with one attached hydrogen (secondary N) is 1. The summed E-state index contributed by atoms with van der Waals surface area (Å²) in [5, 5.41) is 4.49. The van der Waals surface area contributed by atoms with Crippen LogP contribution in [-0.2, 0) is 14.9 Å². The van der Waals surface area contributed by atoms with Gasteiger partial charge >= 0.3 is 0 Å². The molecule has 6 heteroatoms. The van der Waals surface area contributed by atoms with E-state index in [-0.39, 0.29) is 5.41 Å². The number of aliphatic imine (C=N–C) groups is 1. The highest BCUT2D eigenvalue weighted by atomic mass is 35.5. The first-order chi connectivity index (χ1) is 13.2. The monoisotopic (exact) mass is 393 g/mol. The van der Waals surface area contributed by atoms with E-state index in [2.05, 4.69) is 34.3 Å². The average Bonchev–Trinajstić information content (AvgIpc) is 3.16. The molecule has 3 rings (SSSR count). The molecule has 1 atom stereocenters. The minimum atomic E-state index is -0.0169. The summed E-state index contributed by atoms with van der Waals surface area (Å²) < 4.78 is 11.3. The third-order valence-corrected chi connectivity index (χ3v) is 6.16. The molecule has 0 radical (unpaired) electrons. The summed E-state index contributed by atoms with van der Waals surface area (Å²) in [6.07, 6.45) is 3.09. The first-order valence-corrected chi connectivity index (χ1v) is 10.4. The molecule has 0 saturated carbocycles. The van der Waals surface area contributed by atoms with E-state index in [1.165, 1.54) is 5.56 Å². The predicted octanol–water partition coefficient (Wildman–Crippen LogP) is 3.32. The lowest BCUT2D eigenvalue weighted by atomic mass is 9.74. The molecule has 2 fully saturated rings. The van der Waals surface area contributed by atoms with E-state index in [1.807, 2.05) is 19.2 Å². The number of ether oxygens (including phenoxy) is 2. The number of benzene rings is 1. The molecule has 0 amide bonds. The summed E-state index contributed by atoms with van der Waals surface area (Å²) in [6.45, 7) is 8.06. The number of hydrogen-bond acceptors (Lipinski definition) is 3. The predicted molar refractivity (Wildman–Crippen MR) is 111 cm³/mol. The van der Waals surface area contributed by atoms with Crippen molar-refractivity contribution in [3.8, 4) is 0 Å². The van der Waals surface area contributed by atoms with Gasteiger partial charge in [-0.3, -0.25) is 4.99 Å². The highest BCUT2D eigenvalue weighted by Gasteiger charge is 2.37. The summed E-state index contributed by atoms with van der Waals surface area (Å²) in [6, 6.07) is 8.22. The maximum atomic E-state index is 6.57. The lowest BCUT2D eigenvalue weighted by Crippen LogP contribution is -2.49. The van der Waals surface area contributed by atoms with Crippen LogP contribution in [0.4, 0.5) is 0 Å². The molecule has 2 aliphatic rings. The van der Waals surface area contributed by atoms with Crippen LogP contribution in [0.1, 0.15) is 31.7 Å². The zero-order chi connectivity index (χ0) is 19.1. The maximum absolute atomic E-state index is 6.57. The van der Waals surface area contributed by atoms with Crippen LogP contribution in [0.15, 0.2) is 29.3 Å². The van der Waals surface area contributed by atoms with Gasteiger partial charge in [0.15, 0.2) is 5.96 Å². The topological polar surface area (TPSA) is 46.1 Å². The Bertz CT molecular complexity index is 632. The molecule has 0 aliphatic carbocycles. The number of nitrogens with zero attached hydrogens (tertiary/aromatic N) is 2. The van der Waals surface area contributed by atoms with Gasteiger partial charge in [0.2, 0.25) is 0 Å². The lowest BCUT2D eigenvalue weighted by molar-refractivity contribution is 0.0512. The number of hydrogen-bond donors (Lipinski definition) is 1. The zero-order valence-electron chi connectivity index (χ0n) is 16.5. The van der Waals surface area contributed by atoms with Gasteiger partial charge in [0, 0.05) is 62.9 Å². The molecule has 1 aromatic carbocycles. The Morgan fingerprint density at radius 2 is 2.15 bits per heavy atom. The van der Waals surface area contributed by atoms with Crippen LogP contribution in [0.5, 0.6) is 0 Å². The fourth-order valence-electron chi connectivity index (χ4n) is 4.22. The summed E-state index contributed by atoms with van der Waals surface area (Å²) in [7, 11) is 1.87. The van der Waals surface area contributed by atoms with Crippen molar-refractivity contribution in [3.05, 3.63) is 34.9 Å². The quantitative estimate of drug-likeness (QED) is 0.595. The molecule has 2 aliphatic heterocycles. The number of guanidine groups is 1. The third-order valence-electron chi connectivity index (χ3n) is 5.83. The first kappa shape index (κ1) is 20.4. The van der Waals surface area contributed by atoms with E-state index in [9.17, 15) is 0 Å². The van der Waals surface area contributed by atoms with Crippen molar-refractivity contribution in [2.24, 2.45) is 10.9 Å². The minimum Gasteiger partial charge on any atom is -0.381 e. The Balaban J connectivity index is 1.67. The Morgan fingerprint density at radius 1 is 1.37 bits per heavy atom. The number of likely N-dealkylation sites (tertiary alicyclic amines) is 1. The molecule has 1 N–H and O–H groups in total. The van der Waals surface area contributed by atoms with Gasteiger partial charge < -0.3 is 19.7 Å². The fourth-order valence-corrected chi connectivity index (χ4v) is 4.56. The van der Waals surface area contributed by atoms with E-state index >= 15 is 0 Å². The maximum Gasteiger partial charge on any atom is 0.193 e. The molecular formula is C21H32ClN3O2. The number of halogens is 1. The molecule has 5 nitrogen and oxygen atoms in total. The van der Waals surface area contributed by atoms with Crippen LogP contribution in [0, 0.1) is 5.92 Å². The van der Waals surface area contributed by atoms with Gasteiger partial charge in [-0.1, -0.05) is 29.8 Å². The first-order valence-electron chi connectivity index (χ1n) is 10.0. The van der Waals surface area contributed by atoms with E-state index in [0.717, 1.165) is 76.3 Å². The van der Waals surface area contributed by atoms with Crippen LogP contribution in [0.2, 0.25) is 5.02 Å². The summed E-state index contributed by atoms with van der Waals surface area (Å²) in [4.78, 5) is 6.89. The highest BCUT2D eigenvalue weighted by Crippen LogP contribution is 2.38. The second-order valence-corrected chi connectivity index (χ2v) is 7.94. The Labute approximate surface area is 168 Å². The number of rotatable bonds is 6. The Kier molecular flexibility index (Phi) is 7.39. The van der Waals surface area contributed by atoms with Crippen molar-refractivity contribution in [1.82, 2.24) is 10.2 Å². The molecule has 0 spiro atoms. The highest BCUT2D eigenvalue weighted by molar-refractivity contribution is 6.31. The Hall–Kier alpha value is -1.30. The third kappa shape index (κ3) is 4.95. The van der Waals surface area contributed by atoms with Gasteiger partial charge in [-0.15, -0.1) is 0 Å². The van der Waals surface area contributed by atoms with E-state index in [0.29, 0.717) is 5.92 Å². The Morgan fingerprint density at radius 3 is 2.85 bits per heavy atom. The van der Waals surface area contributed by atoms with Crippen molar-refractivity contribution in [2.75, 3.05) is 53.1 Å². The van der Waals surface area contributed by atoms with Crippen LogP contribution < -0.4 is 5.32 Å². The van der Waals surface area contributed by atoms with E-state index in [4.69, 9.17) is 21.1 Å². The van der Waals surface area contributed by atoms with Crippen LogP contribution in [0.25, 0.3) is 0 Å². The smallest absolute Gasteiger partial charge is 0.193 e. The van der Waals surface area contributed by atoms with Gasteiger partial charge in [-0.2, -0.15) is 0 Å². The second kappa shape index (κ2) is 9.76. The summed E-state index contributed by atoms with van der Waals surface area (Å²) in [5.74, 6) is 1.57. The molecule has 0 aromatic heterocycles. The van der Waals surface area contributed by atoms with Gasteiger partial charge in [0.1, 0.15) is 0 Å². The van der Waals surface area contributed by atoms with Crippen molar-refractivity contribution >= 4 is 17.6 Å². The molecule has 1 aromatic rings. The molecule has 150 valence electrons. The summed E-state index contributed by atoms with van der Waals surface area (Å²) in [5.41, 5.74) is 1.20. The van der Waals surface area contributed by atoms with Gasteiger partial charge in [0.05, 0.1) is 6.61 Å². The second-order valence-electron chi connectivity index (χ2n) is 7.53. The van der Waals surface area contributed by atoms with Crippen LogP contribution in [-0.4, -0.2) is 64.0 Å². The van der Waals surface area contributed by atoms with Crippen molar-refractivity contribution in [2.45, 2.75) is 31.6 Å². The van der Waals surface area contributed by atoms with E-state index in [1.54, 1.807) is 0 Å². The molecule has 2 saturated heterocycles. The van der Waals surface area contributed by atoms with Gasteiger partial charge in [-0.25, -0.2) is 0 Å². The SMILES string of the molecule is CCOCC1CCN(C(=NC)NCC2(c3ccccc3Cl)CCOCC2)C1. The zero-order valence-corrected chi connectivity index (χ0v) is 17.3. The standard InChI is InChI=1S/C21H32ClN3O2/c1-3-26-15-17-8-11-25(14-17)20(23-2)24-16-21(9-12-27-13-10-21)18-6-4-5-7-19(18)22/h4-7,17H,3,8-16H2,1-2H3,(H,23,24). The van der Waals surface area contributed by atoms with Gasteiger partial charge in [-0.05, 0) is 37.8 Å². The van der Waals surface area contributed by atoms with Crippen molar-refractivity contribution < 1.29 is 9.47 Å². The van der Waals surface area contributed by atoms with E-state index < -0.39 is 0 Å².